The summed E-state index contributed by atoms with van der Waals surface area (Å²) in [5.74, 6) is 0. The summed E-state index contributed by atoms with van der Waals surface area (Å²) in [6.07, 6.45) is 0. The molecule has 4 aromatic carbocycles. The molecule has 1 N–H and O–H groups in total. The number of para-hydroxylation sites is 1. The van der Waals surface area contributed by atoms with Crippen molar-refractivity contribution in [2.75, 3.05) is 5.32 Å². The molecule has 0 fully saturated rings. The molecule has 10 heteroatoms. The van der Waals surface area contributed by atoms with Crippen LogP contribution in [0.5, 0.6) is 0 Å². The molecule has 0 heterocycles. The molecule has 0 aliphatic rings. The summed E-state index contributed by atoms with van der Waals surface area (Å²) in [5, 5.41) is 35.8. The van der Waals surface area contributed by atoms with Gasteiger partial charge in [0.15, 0.2) is 5.69 Å². The highest BCUT2D eigenvalue weighted by atomic mass is 79.9. The van der Waals surface area contributed by atoms with Gasteiger partial charge in [-0.25, -0.2) is 0 Å². The molecular weight excluding hydrogens is 478 g/mol. The third-order valence-electron chi connectivity index (χ3n) is 4.65. The van der Waals surface area contributed by atoms with Crippen LogP contribution < -0.4 is 5.32 Å². The van der Waals surface area contributed by atoms with Gasteiger partial charge in [-0.2, -0.15) is 0 Å². The van der Waals surface area contributed by atoms with Crippen LogP contribution in [0.2, 0.25) is 0 Å². The second kappa shape index (κ2) is 8.90. The number of nitro benzene ring substituents is 2. The molecule has 0 atom stereocenters. The van der Waals surface area contributed by atoms with E-state index in [4.69, 9.17) is 0 Å². The molecule has 0 saturated carbocycles. The number of nitrogens with one attached hydrogen (secondary N) is 1. The predicted molar refractivity (Wildman–Crippen MR) is 125 cm³/mol. The number of azo groups is 1. The van der Waals surface area contributed by atoms with Gasteiger partial charge in [-0.1, -0.05) is 42.5 Å². The number of non-ortho nitro benzene ring substituents is 1. The van der Waals surface area contributed by atoms with Crippen LogP contribution in [0.25, 0.3) is 10.8 Å². The molecule has 4 rings (SSSR count). The van der Waals surface area contributed by atoms with Crippen molar-refractivity contribution in [1.29, 1.82) is 0 Å². The molecule has 32 heavy (non-hydrogen) atoms. The lowest BCUT2D eigenvalue weighted by Crippen LogP contribution is -1.93. The average Bonchev–Trinajstić information content (AvgIpc) is 2.79. The summed E-state index contributed by atoms with van der Waals surface area (Å²) in [6.45, 7) is 0. The summed E-state index contributed by atoms with van der Waals surface area (Å²) in [7, 11) is 0. The second-order valence-corrected chi connectivity index (χ2v) is 7.53. The number of fused-ring (bicyclic) bond motifs is 1. The number of rotatable bonds is 6. The normalized spacial score (nSPS) is 11.0. The summed E-state index contributed by atoms with van der Waals surface area (Å²) < 4.78 is 0.105. The smallest absolute Gasteiger partial charge is 0.304 e. The van der Waals surface area contributed by atoms with Gasteiger partial charge in [0, 0.05) is 28.2 Å². The average molecular weight is 492 g/mol. The Balaban J connectivity index is 1.77. The molecule has 0 saturated heterocycles. The minimum atomic E-state index is -0.725. The van der Waals surface area contributed by atoms with Crippen LogP contribution in [0.3, 0.4) is 0 Å². The van der Waals surface area contributed by atoms with E-state index in [1.165, 1.54) is 0 Å². The molecule has 0 radical (unpaired) electrons. The van der Waals surface area contributed by atoms with E-state index in [9.17, 15) is 20.2 Å². The monoisotopic (exact) mass is 491 g/mol. The van der Waals surface area contributed by atoms with Gasteiger partial charge in [0.25, 0.3) is 5.69 Å². The zero-order valence-corrected chi connectivity index (χ0v) is 17.9. The van der Waals surface area contributed by atoms with E-state index in [2.05, 4.69) is 31.5 Å². The fourth-order valence-corrected chi connectivity index (χ4v) is 3.69. The van der Waals surface area contributed by atoms with Crippen LogP contribution in [0, 0.1) is 20.2 Å². The van der Waals surface area contributed by atoms with E-state index >= 15 is 0 Å². The highest BCUT2D eigenvalue weighted by Gasteiger charge is 2.23. The molecule has 158 valence electrons. The molecule has 0 bridgehead atoms. The van der Waals surface area contributed by atoms with Crippen molar-refractivity contribution in [1.82, 2.24) is 0 Å². The maximum Gasteiger partial charge on any atom is 0.304 e. The first-order valence-corrected chi connectivity index (χ1v) is 10.1. The van der Waals surface area contributed by atoms with E-state index in [0.717, 1.165) is 34.3 Å². The first-order chi connectivity index (χ1) is 15.4. The van der Waals surface area contributed by atoms with E-state index in [1.54, 1.807) is 6.07 Å². The Kier molecular flexibility index (Phi) is 5.86. The Labute approximate surface area is 189 Å². The van der Waals surface area contributed by atoms with Crippen molar-refractivity contribution >= 4 is 60.8 Å². The third-order valence-corrected chi connectivity index (χ3v) is 5.25. The molecule has 9 nitrogen and oxygen atoms in total. The summed E-state index contributed by atoms with van der Waals surface area (Å²) in [6, 6.07) is 22.9. The summed E-state index contributed by atoms with van der Waals surface area (Å²) >= 11 is 3.13. The number of nitrogens with zero attached hydrogens (tertiary/aromatic N) is 4. The Morgan fingerprint density at radius 2 is 1.47 bits per heavy atom. The maximum absolute atomic E-state index is 11.4. The maximum atomic E-state index is 11.4. The molecule has 0 aliphatic carbocycles. The molecular formula is C22H14BrN5O4. The van der Waals surface area contributed by atoms with Gasteiger partial charge in [0.2, 0.25) is 0 Å². The minimum Gasteiger partial charge on any atom is -0.355 e. The van der Waals surface area contributed by atoms with Crippen molar-refractivity contribution in [3.63, 3.8) is 0 Å². The van der Waals surface area contributed by atoms with Crippen LogP contribution >= 0.6 is 15.9 Å². The first-order valence-electron chi connectivity index (χ1n) is 9.32. The Bertz CT molecular complexity index is 1380. The van der Waals surface area contributed by atoms with E-state index < -0.39 is 21.2 Å². The highest BCUT2D eigenvalue weighted by Crippen LogP contribution is 2.41. The lowest BCUT2D eigenvalue weighted by atomic mass is 10.1. The molecule has 0 spiro atoms. The van der Waals surface area contributed by atoms with Crippen molar-refractivity contribution in [2.45, 2.75) is 0 Å². The minimum absolute atomic E-state index is 0.101. The van der Waals surface area contributed by atoms with Gasteiger partial charge in [-0.15, -0.1) is 10.2 Å². The van der Waals surface area contributed by atoms with Gasteiger partial charge in [0.1, 0.15) is 0 Å². The van der Waals surface area contributed by atoms with E-state index in [-0.39, 0.29) is 10.2 Å². The zero-order chi connectivity index (χ0) is 22.7. The second-order valence-electron chi connectivity index (χ2n) is 6.68. The quantitative estimate of drug-likeness (QED) is 0.169. The molecule has 0 amide bonds. The van der Waals surface area contributed by atoms with Crippen LogP contribution in [0.15, 0.2) is 93.6 Å². The summed E-state index contributed by atoms with van der Waals surface area (Å²) in [4.78, 5) is 21.0. The van der Waals surface area contributed by atoms with E-state index in [1.807, 2.05) is 60.7 Å². The first kappa shape index (κ1) is 21.1. The van der Waals surface area contributed by atoms with Crippen LogP contribution in [-0.2, 0) is 0 Å². The molecule has 0 aromatic heterocycles. The fraction of sp³-hybridized carbons (Fsp3) is 0. The number of hydrogen-bond donors (Lipinski definition) is 1. The standard InChI is InChI=1S/C22H14BrN5O4/c23-18-12-15(27(29)30)13-21(28(31)32)22(18)26-25-20-11-10-19(16-8-4-5-9-17(16)20)24-14-6-2-1-3-7-14/h1-13,24H. The topological polar surface area (TPSA) is 123 Å². The number of hydrogen-bond acceptors (Lipinski definition) is 7. The number of halogens is 1. The SMILES string of the molecule is O=[N+]([O-])c1cc(Br)c(N=Nc2ccc(Nc3ccccc3)c3ccccc23)c([N+](=O)[O-])c1. The van der Waals surface area contributed by atoms with Gasteiger partial charge in [0.05, 0.1) is 26.1 Å². The van der Waals surface area contributed by atoms with Crippen LogP contribution in [0.1, 0.15) is 0 Å². The third kappa shape index (κ3) is 4.30. The van der Waals surface area contributed by atoms with Crippen molar-refractivity contribution in [2.24, 2.45) is 10.2 Å². The van der Waals surface area contributed by atoms with Gasteiger partial charge in [-0.3, -0.25) is 20.2 Å². The lowest BCUT2D eigenvalue weighted by Gasteiger charge is -2.11. The number of nitro groups is 2. The number of anilines is 2. The van der Waals surface area contributed by atoms with Crippen molar-refractivity contribution in [3.8, 4) is 0 Å². The van der Waals surface area contributed by atoms with E-state index in [0.29, 0.717) is 5.69 Å². The largest absolute Gasteiger partial charge is 0.355 e. The Morgan fingerprint density at radius 1 is 0.781 bits per heavy atom. The zero-order valence-electron chi connectivity index (χ0n) is 16.3. The predicted octanol–water partition coefficient (Wildman–Crippen LogP) is 7.58. The van der Waals surface area contributed by atoms with Gasteiger partial charge >= 0.3 is 5.69 Å². The van der Waals surface area contributed by atoms with Crippen molar-refractivity contribution in [3.05, 3.63) is 104 Å². The van der Waals surface area contributed by atoms with Gasteiger partial charge in [-0.05, 0) is 40.2 Å². The lowest BCUT2D eigenvalue weighted by molar-refractivity contribution is -0.393. The molecule has 0 unspecified atom stereocenters. The summed E-state index contributed by atoms with van der Waals surface area (Å²) in [5.41, 5.74) is 1.27. The fourth-order valence-electron chi connectivity index (χ4n) is 3.17. The Hall–Kier alpha value is -4.18. The highest BCUT2D eigenvalue weighted by molar-refractivity contribution is 9.10. The Morgan fingerprint density at radius 3 is 2.16 bits per heavy atom. The number of benzene rings is 4. The van der Waals surface area contributed by atoms with Crippen molar-refractivity contribution < 1.29 is 9.85 Å². The van der Waals surface area contributed by atoms with Gasteiger partial charge < -0.3 is 5.32 Å². The van der Waals surface area contributed by atoms with Crippen LogP contribution in [-0.4, -0.2) is 9.85 Å². The van der Waals surface area contributed by atoms with Crippen LogP contribution in [0.4, 0.5) is 34.1 Å². The molecule has 0 aliphatic heterocycles. The molecule has 4 aromatic rings.